The van der Waals surface area contributed by atoms with Gasteiger partial charge in [-0.15, -0.1) is 0 Å². The Kier molecular flexibility index (Phi) is 6.01. The maximum Gasteiger partial charge on any atom is 0.227 e. The molecule has 0 aliphatic rings. The number of benzene rings is 1. The fourth-order valence-electron chi connectivity index (χ4n) is 1.95. The van der Waals surface area contributed by atoms with Crippen LogP contribution in [0.25, 0.3) is 0 Å². The van der Waals surface area contributed by atoms with Gasteiger partial charge >= 0.3 is 0 Å². The molecule has 1 atom stereocenters. The fraction of sp³-hybridized carbons (Fsp3) is 0.467. The van der Waals surface area contributed by atoms with Crippen LogP contribution in [-0.4, -0.2) is 5.91 Å². The van der Waals surface area contributed by atoms with Gasteiger partial charge in [0, 0.05) is 5.92 Å². The number of unbranched alkanes of at least 4 members (excludes halogenated alkanes) is 1. The molecule has 1 unspecified atom stereocenters. The van der Waals surface area contributed by atoms with Crippen molar-refractivity contribution in [3.05, 3.63) is 29.6 Å². The Labute approximate surface area is 113 Å². The highest BCUT2D eigenvalue weighted by Gasteiger charge is 2.18. The number of nitrogens with zero attached hydrogens (tertiary/aromatic N) is 1. The van der Waals surface area contributed by atoms with Gasteiger partial charge in [-0.3, -0.25) is 4.79 Å². The first-order valence-electron chi connectivity index (χ1n) is 6.63. The third-order valence-corrected chi connectivity index (χ3v) is 3.15. The quantitative estimate of drug-likeness (QED) is 0.846. The van der Waals surface area contributed by atoms with Gasteiger partial charge in [0.2, 0.25) is 5.91 Å². The predicted octanol–water partition coefficient (Wildman–Crippen LogP) is 3.85. The van der Waals surface area contributed by atoms with Crippen LogP contribution in [0.2, 0.25) is 0 Å². The Morgan fingerprint density at radius 2 is 2.21 bits per heavy atom. The summed E-state index contributed by atoms with van der Waals surface area (Å²) in [6.07, 6.45) is 3.58. The van der Waals surface area contributed by atoms with Crippen molar-refractivity contribution >= 4 is 11.6 Å². The summed E-state index contributed by atoms with van der Waals surface area (Å²) in [6.45, 7) is 4.03. The number of halogens is 1. The number of amides is 1. The highest BCUT2D eigenvalue weighted by atomic mass is 19.1. The minimum Gasteiger partial charge on any atom is -0.325 e. The molecule has 0 bridgehead atoms. The summed E-state index contributed by atoms with van der Waals surface area (Å²) in [7, 11) is 0. The second-order valence-electron chi connectivity index (χ2n) is 4.51. The lowest BCUT2D eigenvalue weighted by Crippen LogP contribution is -2.23. The molecule has 1 aromatic carbocycles. The van der Waals surface area contributed by atoms with Crippen molar-refractivity contribution in [2.45, 2.75) is 39.5 Å². The first kappa shape index (κ1) is 15.2. The molecule has 0 saturated heterocycles. The second kappa shape index (κ2) is 7.52. The van der Waals surface area contributed by atoms with Crippen LogP contribution in [0.1, 0.15) is 45.1 Å². The molecule has 0 aromatic heterocycles. The molecular formula is C15H19FN2O. The zero-order valence-electron chi connectivity index (χ0n) is 11.4. The van der Waals surface area contributed by atoms with Crippen LogP contribution in [0.15, 0.2) is 18.2 Å². The molecule has 0 radical (unpaired) electrons. The zero-order valence-corrected chi connectivity index (χ0v) is 11.4. The molecule has 0 heterocycles. The van der Waals surface area contributed by atoms with Crippen LogP contribution in [0.5, 0.6) is 0 Å². The summed E-state index contributed by atoms with van der Waals surface area (Å²) in [5.74, 6) is -0.838. The highest BCUT2D eigenvalue weighted by Crippen LogP contribution is 2.20. The van der Waals surface area contributed by atoms with Gasteiger partial charge in [-0.05, 0) is 25.0 Å². The minimum atomic E-state index is -0.609. The molecule has 1 rings (SSSR count). The first-order valence-corrected chi connectivity index (χ1v) is 6.63. The average molecular weight is 262 g/mol. The predicted molar refractivity (Wildman–Crippen MR) is 73.1 cm³/mol. The monoisotopic (exact) mass is 262 g/mol. The zero-order chi connectivity index (χ0) is 14.3. The third kappa shape index (κ3) is 4.06. The fourth-order valence-corrected chi connectivity index (χ4v) is 1.95. The number of hydrogen-bond acceptors (Lipinski definition) is 2. The first-order chi connectivity index (χ1) is 9.13. The molecule has 0 aliphatic carbocycles. The van der Waals surface area contributed by atoms with Crippen LogP contribution < -0.4 is 5.32 Å². The molecule has 0 spiro atoms. The van der Waals surface area contributed by atoms with Crippen LogP contribution in [0, 0.1) is 23.1 Å². The molecule has 0 saturated carbocycles. The second-order valence-corrected chi connectivity index (χ2v) is 4.51. The lowest BCUT2D eigenvalue weighted by molar-refractivity contribution is -0.120. The number of anilines is 1. The normalized spacial score (nSPS) is 11.7. The Morgan fingerprint density at radius 3 is 2.79 bits per heavy atom. The van der Waals surface area contributed by atoms with Crippen molar-refractivity contribution in [1.29, 1.82) is 5.26 Å². The summed E-state index contributed by atoms with van der Waals surface area (Å²) < 4.78 is 13.4. The molecule has 1 aromatic rings. The van der Waals surface area contributed by atoms with Crippen LogP contribution in [-0.2, 0) is 4.79 Å². The van der Waals surface area contributed by atoms with Crippen molar-refractivity contribution in [1.82, 2.24) is 0 Å². The Bertz CT molecular complexity index is 480. The number of carbonyl (C=O) groups excluding carboxylic acids is 1. The van der Waals surface area contributed by atoms with E-state index >= 15 is 0 Å². The van der Waals surface area contributed by atoms with E-state index in [4.69, 9.17) is 5.26 Å². The molecule has 0 aliphatic heterocycles. The standard InChI is InChI=1S/C15H19FN2O/c1-3-5-7-11(4-2)15(19)18-14-9-6-8-13(16)12(14)10-17/h6,8-9,11H,3-5,7H2,1-2H3,(H,18,19). The van der Waals surface area contributed by atoms with E-state index in [1.54, 1.807) is 12.1 Å². The van der Waals surface area contributed by atoms with Crippen molar-refractivity contribution in [3.63, 3.8) is 0 Å². The van der Waals surface area contributed by atoms with Gasteiger partial charge in [-0.2, -0.15) is 5.26 Å². The van der Waals surface area contributed by atoms with Gasteiger partial charge in [0.15, 0.2) is 0 Å². The molecule has 0 fully saturated rings. The molecule has 19 heavy (non-hydrogen) atoms. The van der Waals surface area contributed by atoms with Gasteiger partial charge in [-0.25, -0.2) is 4.39 Å². The van der Waals surface area contributed by atoms with Crippen LogP contribution >= 0.6 is 0 Å². The molecule has 1 N–H and O–H groups in total. The summed E-state index contributed by atoms with van der Waals surface area (Å²) in [5.41, 5.74) is 0.142. The molecule has 4 heteroatoms. The summed E-state index contributed by atoms with van der Waals surface area (Å²) in [4.78, 5) is 12.1. The van der Waals surface area contributed by atoms with Gasteiger partial charge in [0.1, 0.15) is 17.4 Å². The third-order valence-electron chi connectivity index (χ3n) is 3.15. The maximum atomic E-state index is 13.4. The summed E-state index contributed by atoms with van der Waals surface area (Å²) >= 11 is 0. The van der Waals surface area contributed by atoms with Crippen molar-refractivity contribution in [2.24, 2.45) is 5.92 Å². The minimum absolute atomic E-state index is 0.0882. The van der Waals surface area contributed by atoms with E-state index in [1.165, 1.54) is 12.1 Å². The lowest BCUT2D eigenvalue weighted by atomic mass is 9.98. The number of rotatable bonds is 6. The van der Waals surface area contributed by atoms with Crippen LogP contribution in [0.4, 0.5) is 10.1 Å². The van der Waals surface area contributed by atoms with Crippen molar-refractivity contribution in [2.75, 3.05) is 5.32 Å². The Hall–Kier alpha value is -1.89. The largest absolute Gasteiger partial charge is 0.325 e. The SMILES string of the molecule is CCCCC(CC)C(=O)Nc1cccc(F)c1C#N. The van der Waals surface area contributed by atoms with E-state index < -0.39 is 5.82 Å². The van der Waals surface area contributed by atoms with Crippen molar-refractivity contribution in [3.8, 4) is 6.07 Å². The Morgan fingerprint density at radius 1 is 1.47 bits per heavy atom. The van der Waals surface area contributed by atoms with E-state index in [9.17, 15) is 9.18 Å². The molecular weight excluding hydrogens is 243 g/mol. The average Bonchev–Trinajstić information content (AvgIpc) is 2.40. The van der Waals surface area contributed by atoms with E-state index in [1.807, 2.05) is 6.92 Å². The van der Waals surface area contributed by atoms with E-state index in [2.05, 4.69) is 12.2 Å². The number of nitrogens with one attached hydrogen (secondary N) is 1. The lowest BCUT2D eigenvalue weighted by Gasteiger charge is -2.15. The van der Waals surface area contributed by atoms with E-state index in [0.29, 0.717) is 0 Å². The number of nitriles is 1. The number of hydrogen-bond donors (Lipinski definition) is 1. The molecule has 1 amide bonds. The molecule has 3 nitrogen and oxygen atoms in total. The van der Waals surface area contributed by atoms with Gasteiger partial charge in [0.05, 0.1) is 5.69 Å². The topological polar surface area (TPSA) is 52.9 Å². The number of carbonyl (C=O) groups is 1. The van der Waals surface area contributed by atoms with E-state index in [0.717, 1.165) is 25.7 Å². The van der Waals surface area contributed by atoms with Crippen LogP contribution in [0.3, 0.4) is 0 Å². The maximum absolute atomic E-state index is 13.4. The summed E-state index contributed by atoms with van der Waals surface area (Å²) in [6, 6.07) is 6.02. The van der Waals surface area contributed by atoms with E-state index in [-0.39, 0.29) is 23.1 Å². The van der Waals surface area contributed by atoms with Gasteiger partial charge < -0.3 is 5.32 Å². The smallest absolute Gasteiger partial charge is 0.227 e. The Balaban J connectivity index is 2.81. The molecule has 102 valence electrons. The highest BCUT2D eigenvalue weighted by molar-refractivity contribution is 5.93. The van der Waals surface area contributed by atoms with Gasteiger partial charge in [0.25, 0.3) is 0 Å². The van der Waals surface area contributed by atoms with Gasteiger partial charge in [-0.1, -0.05) is 32.8 Å². The summed E-state index contributed by atoms with van der Waals surface area (Å²) in [5, 5.41) is 11.6. The van der Waals surface area contributed by atoms with Crippen molar-refractivity contribution < 1.29 is 9.18 Å².